The topological polar surface area (TPSA) is 57.5 Å². The number of Topliss-reactive ketones (excluding diaryl/α,β-unsaturated/α-hetero) is 1. The van der Waals surface area contributed by atoms with Gasteiger partial charge in [-0.15, -0.1) is 0 Å². The molecule has 0 bridgehead atoms. The van der Waals surface area contributed by atoms with E-state index in [-0.39, 0.29) is 23.5 Å². The third-order valence-electron chi connectivity index (χ3n) is 4.64. The molecule has 2 aliphatic carbocycles. The minimum Gasteiger partial charge on any atom is -0.392 e. The number of hydrogen-bond acceptors (Lipinski definition) is 3. The van der Waals surface area contributed by atoms with Crippen molar-refractivity contribution in [2.45, 2.75) is 31.5 Å². The molecule has 3 unspecified atom stereocenters. The first-order valence-corrected chi connectivity index (χ1v) is 7.26. The van der Waals surface area contributed by atoms with Crippen LogP contribution in [-0.4, -0.2) is 28.2 Å². The zero-order valence-electron chi connectivity index (χ0n) is 11.4. The van der Waals surface area contributed by atoms with Crippen LogP contribution in [0.4, 0.5) is 0 Å². The van der Waals surface area contributed by atoms with Crippen LogP contribution in [0.5, 0.6) is 0 Å². The summed E-state index contributed by atoms with van der Waals surface area (Å²) in [6, 6.07) is 9.83. The lowest BCUT2D eigenvalue weighted by atomic mass is 9.74. The Kier molecular flexibility index (Phi) is 3.72. The van der Waals surface area contributed by atoms with Crippen LogP contribution in [0.2, 0.25) is 0 Å². The lowest BCUT2D eigenvalue weighted by Gasteiger charge is -2.30. The molecule has 0 aromatic heterocycles. The van der Waals surface area contributed by atoms with Crippen molar-refractivity contribution >= 4 is 5.78 Å². The number of carbonyl (C=O) groups is 1. The van der Waals surface area contributed by atoms with Gasteiger partial charge in [0.05, 0.1) is 12.2 Å². The van der Waals surface area contributed by atoms with E-state index < -0.39 is 12.2 Å². The first-order valence-electron chi connectivity index (χ1n) is 7.26. The molecule has 0 heterocycles. The first-order chi connectivity index (χ1) is 9.65. The van der Waals surface area contributed by atoms with Gasteiger partial charge in [-0.25, -0.2) is 0 Å². The number of carbonyl (C=O) groups excluding carboxylic acids is 1. The number of rotatable bonds is 4. The van der Waals surface area contributed by atoms with Gasteiger partial charge in [0.25, 0.3) is 0 Å². The van der Waals surface area contributed by atoms with Crippen LogP contribution in [0.25, 0.3) is 0 Å². The minimum atomic E-state index is -0.543. The molecule has 1 aromatic carbocycles. The summed E-state index contributed by atoms with van der Waals surface area (Å²) in [5.41, 5.74) is 1.09. The van der Waals surface area contributed by atoms with Crippen molar-refractivity contribution in [3.05, 3.63) is 48.0 Å². The Morgan fingerprint density at radius 1 is 1.30 bits per heavy atom. The highest BCUT2D eigenvalue weighted by Crippen LogP contribution is 2.47. The Morgan fingerprint density at radius 3 is 2.70 bits per heavy atom. The number of aliphatic hydroxyl groups is 2. The second-order valence-corrected chi connectivity index (χ2v) is 5.97. The molecule has 5 atom stereocenters. The zero-order chi connectivity index (χ0) is 14.1. The van der Waals surface area contributed by atoms with Gasteiger partial charge in [-0.2, -0.15) is 0 Å². The molecule has 0 spiro atoms. The molecule has 20 heavy (non-hydrogen) atoms. The molecule has 0 saturated heterocycles. The third kappa shape index (κ3) is 2.56. The van der Waals surface area contributed by atoms with Crippen molar-refractivity contribution in [3.8, 4) is 0 Å². The van der Waals surface area contributed by atoms with Crippen LogP contribution in [0.3, 0.4) is 0 Å². The average molecular weight is 272 g/mol. The van der Waals surface area contributed by atoms with E-state index in [1.807, 2.05) is 36.4 Å². The molecule has 3 nitrogen and oxygen atoms in total. The maximum atomic E-state index is 11.4. The molecule has 2 N–H and O–H groups in total. The van der Waals surface area contributed by atoms with E-state index >= 15 is 0 Å². The van der Waals surface area contributed by atoms with Gasteiger partial charge in [0, 0.05) is 30.6 Å². The Labute approximate surface area is 118 Å². The Balaban J connectivity index is 1.56. The molecule has 0 aliphatic heterocycles. The van der Waals surface area contributed by atoms with Crippen LogP contribution in [0.1, 0.15) is 18.4 Å². The number of benzene rings is 1. The van der Waals surface area contributed by atoms with Crippen molar-refractivity contribution in [2.24, 2.45) is 17.8 Å². The monoisotopic (exact) mass is 272 g/mol. The number of fused-ring (bicyclic) bond motifs is 1. The molecule has 2 fully saturated rings. The van der Waals surface area contributed by atoms with Gasteiger partial charge in [-0.05, 0) is 12.0 Å². The van der Waals surface area contributed by atoms with Crippen LogP contribution < -0.4 is 0 Å². The summed E-state index contributed by atoms with van der Waals surface area (Å²) in [5, 5.41) is 20.1. The predicted octanol–water partition coefficient (Wildman–Crippen LogP) is 1.73. The van der Waals surface area contributed by atoms with Gasteiger partial charge in [0.15, 0.2) is 0 Å². The summed E-state index contributed by atoms with van der Waals surface area (Å²) in [4.78, 5) is 11.4. The van der Waals surface area contributed by atoms with Crippen molar-refractivity contribution in [2.75, 3.05) is 0 Å². The quantitative estimate of drug-likeness (QED) is 0.821. The van der Waals surface area contributed by atoms with Gasteiger partial charge in [0.2, 0.25) is 0 Å². The SMILES string of the molecule is O=C1C[C@H]2C(O)C(C=CC(O)Cc3ccccc3)C[C@H]12. The average Bonchev–Trinajstić information content (AvgIpc) is 2.69. The lowest BCUT2D eigenvalue weighted by Crippen LogP contribution is -2.38. The molecule has 106 valence electrons. The largest absolute Gasteiger partial charge is 0.392 e. The van der Waals surface area contributed by atoms with Crippen LogP contribution >= 0.6 is 0 Å². The van der Waals surface area contributed by atoms with Crippen molar-refractivity contribution in [1.82, 2.24) is 0 Å². The zero-order valence-corrected chi connectivity index (χ0v) is 11.4. The van der Waals surface area contributed by atoms with Gasteiger partial charge in [-0.1, -0.05) is 42.5 Å². The fourth-order valence-electron chi connectivity index (χ4n) is 3.41. The summed E-state index contributed by atoms with van der Waals surface area (Å²) in [6.07, 6.45) is 4.53. The second kappa shape index (κ2) is 5.51. The summed E-state index contributed by atoms with van der Waals surface area (Å²) in [6.45, 7) is 0. The maximum absolute atomic E-state index is 11.4. The van der Waals surface area contributed by atoms with Crippen LogP contribution in [-0.2, 0) is 11.2 Å². The highest BCUT2D eigenvalue weighted by molar-refractivity contribution is 5.88. The van der Waals surface area contributed by atoms with Crippen LogP contribution in [0.15, 0.2) is 42.5 Å². The molecular formula is C17H20O3. The van der Waals surface area contributed by atoms with Crippen molar-refractivity contribution in [1.29, 1.82) is 0 Å². The van der Waals surface area contributed by atoms with Crippen molar-refractivity contribution < 1.29 is 15.0 Å². The van der Waals surface area contributed by atoms with E-state index in [1.165, 1.54) is 0 Å². The third-order valence-corrected chi connectivity index (χ3v) is 4.64. The summed E-state index contributed by atoms with van der Waals surface area (Å²) >= 11 is 0. The molecule has 0 amide bonds. The number of hydrogen-bond donors (Lipinski definition) is 2. The van der Waals surface area contributed by atoms with Crippen molar-refractivity contribution in [3.63, 3.8) is 0 Å². The first kappa shape index (κ1) is 13.5. The smallest absolute Gasteiger partial charge is 0.136 e. The Hall–Kier alpha value is -1.45. The fraction of sp³-hybridized carbons (Fsp3) is 0.471. The summed E-state index contributed by atoms with van der Waals surface area (Å²) in [5.74, 6) is 0.519. The molecule has 2 saturated carbocycles. The summed E-state index contributed by atoms with van der Waals surface area (Å²) in [7, 11) is 0. The van der Waals surface area contributed by atoms with Gasteiger partial charge < -0.3 is 10.2 Å². The van der Waals surface area contributed by atoms with Gasteiger partial charge >= 0.3 is 0 Å². The van der Waals surface area contributed by atoms with Gasteiger partial charge in [-0.3, -0.25) is 4.79 Å². The van der Waals surface area contributed by atoms with E-state index in [1.54, 1.807) is 6.08 Å². The Morgan fingerprint density at radius 2 is 2.05 bits per heavy atom. The highest BCUT2D eigenvalue weighted by atomic mass is 16.3. The summed E-state index contributed by atoms with van der Waals surface area (Å²) < 4.78 is 0. The van der Waals surface area contributed by atoms with Gasteiger partial charge in [0.1, 0.15) is 5.78 Å². The molecule has 0 radical (unpaired) electrons. The fourth-order valence-corrected chi connectivity index (χ4v) is 3.41. The molecular weight excluding hydrogens is 252 g/mol. The number of ketones is 1. The van der Waals surface area contributed by atoms with E-state index in [2.05, 4.69) is 0 Å². The highest BCUT2D eigenvalue weighted by Gasteiger charge is 2.51. The molecule has 3 heteroatoms. The number of aliphatic hydroxyl groups excluding tert-OH is 2. The molecule has 1 aromatic rings. The predicted molar refractivity (Wildman–Crippen MR) is 76.0 cm³/mol. The Bertz CT molecular complexity index is 508. The van der Waals surface area contributed by atoms with Crippen LogP contribution in [0, 0.1) is 17.8 Å². The maximum Gasteiger partial charge on any atom is 0.136 e. The second-order valence-electron chi connectivity index (χ2n) is 5.97. The molecule has 3 rings (SSSR count). The van der Waals surface area contributed by atoms with E-state index in [4.69, 9.17) is 0 Å². The van der Waals surface area contributed by atoms with E-state index in [9.17, 15) is 15.0 Å². The van der Waals surface area contributed by atoms with E-state index in [0.29, 0.717) is 12.8 Å². The minimum absolute atomic E-state index is 0.0156. The standard InChI is InChI=1S/C17H20O3/c18-13(8-11-4-2-1-3-5-11)7-6-12-9-14-15(17(12)20)10-16(14)19/h1-7,12-15,17-18,20H,8-10H2/t12?,13?,14-,15+,17?/m0/s1. The molecule has 2 aliphatic rings. The van der Waals surface area contributed by atoms with E-state index in [0.717, 1.165) is 12.0 Å². The lowest BCUT2D eigenvalue weighted by molar-refractivity contribution is -0.135. The normalized spacial score (nSPS) is 34.0.